The maximum absolute atomic E-state index is 12.5. The number of rotatable bonds is 3. The summed E-state index contributed by atoms with van der Waals surface area (Å²) in [6, 6.07) is 0. The van der Waals surface area contributed by atoms with Gasteiger partial charge in [-0.3, -0.25) is 4.79 Å². The highest BCUT2D eigenvalue weighted by Crippen LogP contribution is 2.55. The smallest absolute Gasteiger partial charge is 0.220 e. The molecule has 0 unspecified atom stereocenters. The van der Waals surface area contributed by atoms with Crippen molar-refractivity contribution in [2.24, 2.45) is 23.7 Å². The molecule has 1 saturated heterocycles. The molecule has 0 aromatic rings. The van der Waals surface area contributed by atoms with Crippen molar-refractivity contribution in [3.63, 3.8) is 0 Å². The number of carbonyl (C=O) groups is 1. The fraction of sp³-hybridized carbons (Fsp3) is 0.941. The van der Waals surface area contributed by atoms with E-state index in [1.54, 1.807) is 0 Å². The van der Waals surface area contributed by atoms with E-state index in [0.717, 1.165) is 37.3 Å². The van der Waals surface area contributed by atoms with Crippen LogP contribution in [0.5, 0.6) is 0 Å². The number of halogens is 1. The maximum Gasteiger partial charge on any atom is 0.220 e. The largest absolute Gasteiger partial charge is 0.351 e. The fourth-order valence-electron chi connectivity index (χ4n) is 5.96. The van der Waals surface area contributed by atoms with Gasteiger partial charge in [0.05, 0.1) is 0 Å². The molecular formula is C17H29ClN2O. The second-order valence-electron chi connectivity index (χ2n) is 8.14. The summed E-state index contributed by atoms with van der Waals surface area (Å²) in [6.07, 6.45) is 11.3. The monoisotopic (exact) mass is 312 g/mol. The maximum atomic E-state index is 12.5. The van der Waals surface area contributed by atoms with E-state index in [0.29, 0.717) is 11.8 Å². The van der Waals surface area contributed by atoms with E-state index in [9.17, 15) is 4.79 Å². The Morgan fingerprint density at radius 3 is 2.05 bits per heavy atom. The first-order valence-electron chi connectivity index (χ1n) is 8.72. The van der Waals surface area contributed by atoms with Gasteiger partial charge >= 0.3 is 0 Å². The average Bonchev–Trinajstić information content (AvgIpc) is 2.37. The third kappa shape index (κ3) is 3.24. The number of carbonyl (C=O) groups excluding carboxylic acids is 1. The molecule has 120 valence electrons. The van der Waals surface area contributed by atoms with E-state index < -0.39 is 0 Å². The van der Waals surface area contributed by atoms with Gasteiger partial charge in [0.2, 0.25) is 5.91 Å². The van der Waals surface area contributed by atoms with Gasteiger partial charge in [0.25, 0.3) is 0 Å². The molecular weight excluding hydrogens is 284 g/mol. The van der Waals surface area contributed by atoms with Crippen LogP contribution >= 0.6 is 12.4 Å². The van der Waals surface area contributed by atoms with Gasteiger partial charge < -0.3 is 10.6 Å². The van der Waals surface area contributed by atoms with Crippen LogP contribution in [0.15, 0.2) is 0 Å². The molecule has 0 aromatic carbocycles. The SMILES string of the molecule is Cl.O=C(CC1CCNCC1)NC12CC3CC(CC(C3)C1)C2. The van der Waals surface area contributed by atoms with Crippen molar-refractivity contribution < 1.29 is 4.79 Å². The Labute approximate surface area is 134 Å². The van der Waals surface area contributed by atoms with E-state index in [2.05, 4.69) is 10.6 Å². The minimum absolute atomic E-state index is 0. The van der Waals surface area contributed by atoms with Crippen molar-refractivity contribution in [1.82, 2.24) is 10.6 Å². The molecule has 3 nitrogen and oxygen atoms in total. The highest BCUT2D eigenvalue weighted by Gasteiger charge is 2.51. The zero-order chi connectivity index (χ0) is 13.6. The fourth-order valence-corrected chi connectivity index (χ4v) is 5.96. The Morgan fingerprint density at radius 1 is 1.00 bits per heavy atom. The van der Waals surface area contributed by atoms with Crippen LogP contribution in [0.3, 0.4) is 0 Å². The third-order valence-corrected chi connectivity index (χ3v) is 6.38. The van der Waals surface area contributed by atoms with Crippen LogP contribution in [0.25, 0.3) is 0 Å². The van der Waals surface area contributed by atoms with E-state index in [1.165, 1.54) is 51.4 Å². The number of hydrogen-bond donors (Lipinski definition) is 2. The molecule has 1 heterocycles. The molecule has 1 aliphatic heterocycles. The van der Waals surface area contributed by atoms with Gasteiger partial charge in [-0.05, 0) is 88.1 Å². The number of piperidine rings is 1. The Kier molecular flexibility index (Phi) is 4.52. The molecule has 4 bridgehead atoms. The molecule has 4 heteroatoms. The Balaban J connectivity index is 0.00000132. The lowest BCUT2D eigenvalue weighted by Crippen LogP contribution is -2.60. The van der Waals surface area contributed by atoms with Crippen LogP contribution < -0.4 is 10.6 Å². The molecule has 1 amide bonds. The summed E-state index contributed by atoms with van der Waals surface area (Å²) in [5, 5.41) is 6.90. The van der Waals surface area contributed by atoms with Crippen molar-refractivity contribution in [2.75, 3.05) is 13.1 Å². The number of nitrogens with one attached hydrogen (secondary N) is 2. The van der Waals surface area contributed by atoms with Crippen molar-refractivity contribution in [2.45, 2.75) is 63.3 Å². The predicted molar refractivity (Wildman–Crippen MR) is 86.5 cm³/mol. The Hall–Kier alpha value is -0.280. The average molecular weight is 313 g/mol. The van der Waals surface area contributed by atoms with Crippen molar-refractivity contribution in [1.29, 1.82) is 0 Å². The van der Waals surface area contributed by atoms with Crippen LogP contribution in [0.2, 0.25) is 0 Å². The molecule has 0 aromatic heterocycles. The van der Waals surface area contributed by atoms with Gasteiger partial charge in [0.1, 0.15) is 0 Å². The number of hydrogen-bond acceptors (Lipinski definition) is 2. The first-order chi connectivity index (χ1) is 9.71. The molecule has 5 aliphatic rings. The summed E-state index contributed by atoms with van der Waals surface area (Å²) in [4.78, 5) is 12.5. The lowest BCUT2D eigenvalue weighted by Gasteiger charge is -2.57. The highest BCUT2D eigenvalue weighted by atomic mass is 35.5. The van der Waals surface area contributed by atoms with Crippen LogP contribution in [0, 0.1) is 23.7 Å². The van der Waals surface area contributed by atoms with Crippen molar-refractivity contribution >= 4 is 18.3 Å². The predicted octanol–water partition coefficient (Wildman–Crippen LogP) is 2.88. The lowest BCUT2D eigenvalue weighted by atomic mass is 9.53. The first kappa shape index (κ1) is 15.6. The Bertz CT molecular complexity index is 357. The third-order valence-electron chi connectivity index (χ3n) is 6.38. The van der Waals surface area contributed by atoms with Gasteiger partial charge in [0.15, 0.2) is 0 Å². The topological polar surface area (TPSA) is 41.1 Å². The van der Waals surface area contributed by atoms with Gasteiger partial charge in [-0.25, -0.2) is 0 Å². The standard InChI is InChI=1S/C17H28N2O.ClH/c20-16(8-12-1-3-18-4-2-12)19-17-9-13-5-14(10-17)7-15(6-13)11-17;/h12-15,18H,1-11H2,(H,19,20);1H. The molecule has 5 rings (SSSR count). The second-order valence-corrected chi connectivity index (χ2v) is 8.14. The summed E-state index contributed by atoms with van der Waals surface area (Å²) in [7, 11) is 0. The Morgan fingerprint density at radius 2 is 1.52 bits per heavy atom. The molecule has 21 heavy (non-hydrogen) atoms. The van der Waals surface area contributed by atoms with Crippen molar-refractivity contribution in [3.05, 3.63) is 0 Å². The van der Waals surface area contributed by atoms with Gasteiger partial charge in [-0.1, -0.05) is 0 Å². The first-order valence-corrected chi connectivity index (χ1v) is 8.72. The van der Waals surface area contributed by atoms with Crippen LogP contribution in [-0.4, -0.2) is 24.5 Å². The van der Waals surface area contributed by atoms with E-state index in [1.807, 2.05) is 0 Å². The van der Waals surface area contributed by atoms with Crippen LogP contribution in [0.1, 0.15) is 57.8 Å². The summed E-state index contributed by atoms with van der Waals surface area (Å²) in [6.45, 7) is 2.19. The summed E-state index contributed by atoms with van der Waals surface area (Å²) >= 11 is 0. The lowest BCUT2D eigenvalue weighted by molar-refractivity contribution is -0.128. The van der Waals surface area contributed by atoms with E-state index in [4.69, 9.17) is 0 Å². The minimum Gasteiger partial charge on any atom is -0.351 e. The molecule has 0 radical (unpaired) electrons. The van der Waals surface area contributed by atoms with Crippen molar-refractivity contribution in [3.8, 4) is 0 Å². The summed E-state index contributed by atoms with van der Waals surface area (Å²) in [5.41, 5.74) is 0.207. The molecule has 0 atom stereocenters. The zero-order valence-electron chi connectivity index (χ0n) is 12.9. The molecule has 2 N–H and O–H groups in total. The second kappa shape index (κ2) is 6.08. The zero-order valence-corrected chi connectivity index (χ0v) is 13.7. The van der Waals surface area contributed by atoms with Crippen LogP contribution in [-0.2, 0) is 4.79 Å². The van der Waals surface area contributed by atoms with Gasteiger partial charge in [-0.2, -0.15) is 0 Å². The quantitative estimate of drug-likeness (QED) is 0.841. The van der Waals surface area contributed by atoms with Crippen LogP contribution in [0.4, 0.5) is 0 Å². The van der Waals surface area contributed by atoms with E-state index >= 15 is 0 Å². The summed E-state index contributed by atoms with van der Waals surface area (Å²) < 4.78 is 0. The summed E-state index contributed by atoms with van der Waals surface area (Å²) in [5.74, 6) is 3.71. The van der Waals surface area contributed by atoms with Gasteiger partial charge in [0, 0.05) is 12.0 Å². The molecule has 4 saturated carbocycles. The van der Waals surface area contributed by atoms with Gasteiger partial charge in [-0.15, -0.1) is 12.4 Å². The van der Waals surface area contributed by atoms with E-state index in [-0.39, 0.29) is 17.9 Å². The normalized spacial score (nSPS) is 41.6. The number of amides is 1. The molecule has 5 fully saturated rings. The minimum atomic E-state index is 0. The molecule has 4 aliphatic carbocycles. The highest BCUT2D eigenvalue weighted by molar-refractivity contribution is 5.85. The molecule has 0 spiro atoms.